The Bertz CT molecular complexity index is 352. The van der Waals surface area contributed by atoms with Gasteiger partial charge in [-0.25, -0.2) is 0 Å². The average molecular weight is 214 g/mol. The van der Waals surface area contributed by atoms with Crippen molar-refractivity contribution >= 4 is 11.6 Å². The first-order valence-electron chi connectivity index (χ1n) is 4.53. The molecule has 0 bridgehead atoms. The van der Waals surface area contributed by atoms with Crippen LogP contribution in [0.25, 0.3) is 0 Å². The Morgan fingerprint density at radius 1 is 1.29 bits per heavy atom. The molecule has 0 fully saturated rings. The van der Waals surface area contributed by atoms with Gasteiger partial charge in [-0.2, -0.15) is 0 Å². The molecule has 0 unspecified atom stereocenters. The molecule has 0 spiro atoms. The number of hydrogen-bond donors (Lipinski definition) is 1. The first-order valence-corrected chi connectivity index (χ1v) is 4.91. The van der Waals surface area contributed by atoms with Crippen molar-refractivity contribution in [1.29, 1.82) is 0 Å². The fourth-order valence-electron chi connectivity index (χ4n) is 1.43. The molecule has 2 rings (SSSR count). The minimum absolute atomic E-state index is 0.0988. The minimum Gasteiger partial charge on any atom is -0.486 e. The van der Waals surface area contributed by atoms with E-state index in [1.54, 1.807) is 6.07 Å². The van der Waals surface area contributed by atoms with Crippen LogP contribution in [0.5, 0.6) is 11.5 Å². The molecule has 3 nitrogen and oxygen atoms in total. The summed E-state index contributed by atoms with van der Waals surface area (Å²) < 4.78 is 10.8. The van der Waals surface area contributed by atoms with Crippen LogP contribution in [0.4, 0.5) is 0 Å². The van der Waals surface area contributed by atoms with Crippen LogP contribution in [0.3, 0.4) is 0 Å². The average Bonchev–Trinajstić information content (AvgIpc) is 2.16. The summed E-state index contributed by atoms with van der Waals surface area (Å²) in [6.45, 7) is 3.03. The zero-order chi connectivity index (χ0) is 10.1. The van der Waals surface area contributed by atoms with Crippen molar-refractivity contribution in [3.63, 3.8) is 0 Å². The van der Waals surface area contributed by atoms with Crippen LogP contribution in [0.2, 0.25) is 5.02 Å². The van der Waals surface area contributed by atoms with Crippen molar-refractivity contribution in [2.45, 2.75) is 13.0 Å². The zero-order valence-corrected chi connectivity index (χ0v) is 8.67. The highest BCUT2D eigenvalue weighted by Gasteiger charge is 2.16. The van der Waals surface area contributed by atoms with Crippen molar-refractivity contribution in [3.05, 3.63) is 22.7 Å². The van der Waals surface area contributed by atoms with E-state index in [9.17, 15) is 0 Å². The van der Waals surface area contributed by atoms with Crippen molar-refractivity contribution in [2.75, 3.05) is 13.2 Å². The van der Waals surface area contributed by atoms with Crippen LogP contribution >= 0.6 is 11.6 Å². The second-order valence-corrected chi connectivity index (χ2v) is 3.71. The Labute approximate surface area is 87.8 Å². The maximum absolute atomic E-state index is 6.04. The van der Waals surface area contributed by atoms with Gasteiger partial charge in [-0.3, -0.25) is 0 Å². The maximum Gasteiger partial charge on any atom is 0.162 e. The Hall–Kier alpha value is -0.930. The molecule has 0 radical (unpaired) electrons. The van der Waals surface area contributed by atoms with Gasteiger partial charge in [-0.15, -0.1) is 0 Å². The van der Waals surface area contributed by atoms with Gasteiger partial charge in [-0.1, -0.05) is 11.6 Å². The Kier molecular flexibility index (Phi) is 2.52. The number of ether oxygens (including phenoxy) is 2. The molecule has 1 aliphatic heterocycles. The van der Waals surface area contributed by atoms with Crippen molar-refractivity contribution in [2.24, 2.45) is 5.73 Å². The van der Waals surface area contributed by atoms with Crippen LogP contribution in [0, 0.1) is 0 Å². The first kappa shape index (κ1) is 9.62. The molecular weight excluding hydrogens is 202 g/mol. The summed E-state index contributed by atoms with van der Waals surface area (Å²) in [5.74, 6) is 1.43. The van der Waals surface area contributed by atoms with Gasteiger partial charge in [0, 0.05) is 17.1 Å². The van der Waals surface area contributed by atoms with Gasteiger partial charge in [0.1, 0.15) is 13.2 Å². The maximum atomic E-state index is 6.04. The summed E-state index contributed by atoms with van der Waals surface area (Å²) in [5.41, 5.74) is 6.65. The molecule has 4 heteroatoms. The summed E-state index contributed by atoms with van der Waals surface area (Å²) in [6, 6.07) is 3.51. The summed E-state index contributed by atoms with van der Waals surface area (Å²) >= 11 is 6.04. The third-order valence-corrected chi connectivity index (χ3v) is 2.48. The van der Waals surface area contributed by atoms with E-state index in [-0.39, 0.29) is 6.04 Å². The normalized spacial score (nSPS) is 16.5. The molecular formula is C10H12ClNO2. The van der Waals surface area contributed by atoms with E-state index in [2.05, 4.69) is 0 Å². The van der Waals surface area contributed by atoms with Crippen molar-refractivity contribution < 1.29 is 9.47 Å². The van der Waals surface area contributed by atoms with Gasteiger partial charge in [0.15, 0.2) is 11.5 Å². The number of fused-ring (bicyclic) bond motifs is 1. The number of benzene rings is 1. The van der Waals surface area contributed by atoms with Gasteiger partial charge < -0.3 is 15.2 Å². The quantitative estimate of drug-likeness (QED) is 0.777. The van der Waals surface area contributed by atoms with Crippen LogP contribution in [-0.4, -0.2) is 13.2 Å². The van der Waals surface area contributed by atoms with Gasteiger partial charge >= 0.3 is 0 Å². The van der Waals surface area contributed by atoms with E-state index in [1.807, 2.05) is 13.0 Å². The van der Waals surface area contributed by atoms with E-state index in [4.69, 9.17) is 26.8 Å². The second-order valence-electron chi connectivity index (χ2n) is 3.31. The number of hydrogen-bond acceptors (Lipinski definition) is 3. The fraction of sp³-hybridized carbons (Fsp3) is 0.400. The summed E-state index contributed by atoms with van der Waals surface area (Å²) in [6.07, 6.45) is 0. The SMILES string of the molecule is C[C@H](N)c1cc2c(cc1Cl)OCCO2. The third kappa shape index (κ3) is 1.65. The summed E-state index contributed by atoms with van der Waals surface area (Å²) in [5, 5.41) is 0.629. The topological polar surface area (TPSA) is 44.5 Å². The van der Waals surface area contributed by atoms with Gasteiger partial charge in [0.05, 0.1) is 0 Å². The molecule has 0 amide bonds. The molecule has 0 aliphatic carbocycles. The highest BCUT2D eigenvalue weighted by Crippen LogP contribution is 2.36. The molecule has 1 aliphatic rings. The van der Waals surface area contributed by atoms with E-state index in [0.717, 1.165) is 11.3 Å². The predicted molar refractivity (Wildman–Crippen MR) is 55.0 cm³/mol. The van der Waals surface area contributed by atoms with Crippen LogP contribution in [0.1, 0.15) is 18.5 Å². The molecule has 1 atom stereocenters. The third-order valence-electron chi connectivity index (χ3n) is 2.15. The minimum atomic E-state index is -0.0988. The number of halogens is 1. The Balaban J connectivity index is 2.45. The van der Waals surface area contributed by atoms with Crippen molar-refractivity contribution in [1.82, 2.24) is 0 Å². The molecule has 0 saturated carbocycles. The van der Waals surface area contributed by atoms with E-state index >= 15 is 0 Å². The molecule has 1 heterocycles. The van der Waals surface area contributed by atoms with Gasteiger partial charge in [0.2, 0.25) is 0 Å². The Morgan fingerprint density at radius 3 is 2.43 bits per heavy atom. The van der Waals surface area contributed by atoms with Gasteiger partial charge in [0.25, 0.3) is 0 Å². The highest BCUT2D eigenvalue weighted by atomic mass is 35.5. The predicted octanol–water partition coefficient (Wildman–Crippen LogP) is 2.13. The molecule has 1 aromatic rings. The largest absolute Gasteiger partial charge is 0.486 e. The standard InChI is InChI=1S/C10H12ClNO2/c1-6(12)7-4-9-10(5-8(7)11)14-3-2-13-9/h4-6H,2-3,12H2,1H3/t6-/m0/s1. The first-order chi connectivity index (χ1) is 6.68. The second kappa shape index (κ2) is 3.67. The van der Waals surface area contributed by atoms with Crippen molar-refractivity contribution in [3.8, 4) is 11.5 Å². The molecule has 0 aromatic heterocycles. The van der Waals surface area contributed by atoms with E-state index in [0.29, 0.717) is 24.0 Å². The lowest BCUT2D eigenvalue weighted by molar-refractivity contribution is 0.171. The van der Waals surface area contributed by atoms with E-state index in [1.165, 1.54) is 0 Å². The molecule has 2 N–H and O–H groups in total. The van der Waals surface area contributed by atoms with E-state index < -0.39 is 0 Å². The molecule has 1 aromatic carbocycles. The lowest BCUT2D eigenvalue weighted by atomic mass is 10.1. The van der Waals surface area contributed by atoms with Crippen LogP contribution < -0.4 is 15.2 Å². The zero-order valence-electron chi connectivity index (χ0n) is 7.92. The summed E-state index contributed by atoms with van der Waals surface area (Å²) in [4.78, 5) is 0. The van der Waals surface area contributed by atoms with Gasteiger partial charge in [-0.05, 0) is 18.6 Å². The highest BCUT2D eigenvalue weighted by molar-refractivity contribution is 6.31. The fourth-order valence-corrected chi connectivity index (χ4v) is 1.75. The lowest BCUT2D eigenvalue weighted by Gasteiger charge is -2.20. The molecule has 76 valence electrons. The summed E-state index contributed by atoms with van der Waals surface area (Å²) in [7, 11) is 0. The van der Waals surface area contributed by atoms with Crippen LogP contribution in [-0.2, 0) is 0 Å². The molecule has 14 heavy (non-hydrogen) atoms. The monoisotopic (exact) mass is 213 g/mol. The number of rotatable bonds is 1. The van der Waals surface area contributed by atoms with Crippen LogP contribution in [0.15, 0.2) is 12.1 Å². The lowest BCUT2D eigenvalue weighted by Crippen LogP contribution is -2.16. The Morgan fingerprint density at radius 2 is 1.86 bits per heavy atom. The smallest absolute Gasteiger partial charge is 0.162 e. The molecule has 0 saturated heterocycles. The number of nitrogens with two attached hydrogens (primary N) is 1.